The molecule has 4 nitrogen and oxygen atoms in total. The molecule has 0 atom stereocenters. The second kappa shape index (κ2) is 5.34. The van der Waals surface area contributed by atoms with Crippen LogP contribution in [0.4, 0.5) is 14.5 Å². The molecular weight excluding hydrogens is 310 g/mol. The molecule has 0 amide bonds. The van der Waals surface area contributed by atoms with Gasteiger partial charge in [-0.25, -0.2) is 22.2 Å². The van der Waals surface area contributed by atoms with Crippen LogP contribution in [0.3, 0.4) is 0 Å². The minimum absolute atomic E-state index is 0.137. The van der Waals surface area contributed by atoms with E-state index in [0.29, 0.717) is 11.8 Å². The normalized spacial score (nSPS) is 11.4. The zero-order valence-electron chi connectivity index (χ0n) is 10.2. The third-order valence-corrected chi connectivity index (χ3v) is 4.07. The van der Waals surface area contributed by atoms with Crippen molar-refractivity contribution in [3.05, 3.63) is 52.8 Å². The summed E-state index contributed by atoms with van der Waals surface area (Å²) >= 11 is 5.65. The maximum absolute atomic E-state index is 13.5. The molecule has 1 aromatic heterocycles. The highest BCUT2D eigenvalue weighted by Crippen LogP contribution is 2.22. The van der Waals surface area contributed by atoms with Crippen molar-refractivity contribution in [3.63, 3.8) is 0 Å². The van der Waals surface area contributed by atoms with Gasteiger partial charge in [0.1, 0.15) is 21.7 Å². The molecule has 0 spiro atoms. The standard InChI is InChI=1S/C12H9ClF2N2O2S/c1-7-10(4-5-12(13)16-7)17-20(18,19)11-6-8(14)2-3-9(11)15/h2-6,17H,1H3. The first-order valence-electron chi connectivity index (χ1n) is 5.40. The number of hydrogen-bond acceptors (Lipinski definition) is 3. The zero-order valence-corrected chi connectivity index (χ0v) is 11.8. The quantitative estimate of drug-likeness (QED) is 0.885. The molecule has 0 saturated carbocycles. The average Bonchev–Trinajstić information content (AvgIpc) is 2.35. The van der Waals surface area contributed by atoms with Crippen molar-refractivity contribution in [1.82, 2.24) is 4.98 Å². The van der Waals surface area contributed by atoms with E-state index in [2.05, 4.69) is 9.71 Å². The van der Waals surface area contributed by atoms with E-state index >= 15 is 0 Å². The summed E-state index contributed by atoms with van der Waals surface area (Å²) in [4.78, 5) is 3.09. The number of benzene rings is 1. The van der Waals surface area contributed by atoms with Crippen LogP contribution in [0, 0.1) is 18.6 Å². The van der Waals surface area contributed by atoms with E-state index in [1.54, 1.807) is 0 Å². The molecule has 0 aliphatic heterocycles. The maximum Gasteiger partial charge on any atom is 0.264 e. The fourth-order valence-corrected chi connectivity index (χ4v) is 2.92. The Bertz CT molecular complexity index is 766. The first-order valence-corrected chi connectivity index (χ1v) is 7.27. The Kier molecular flexibility index (Phi) is 3.92. The number of nitrogens with zero attached hydrogens (tertiary/aromatic N) is 1. The van der Waals surface area contributed by atoms with Crippen LogP contribution >= 0.6 is 11.6 Å². The van der Waals surface area contributed by atoms with Crippen molar-refractivity contribution in [2.24, 2.45) is 0 Å². The molecule has 0 aliphatic rings. The number of anilines is 1. The molecule has 1 N–H and O–H groups in total. The summed E-state index contributed by atoms with van der Waals surface area (Å²) in [5.74, 6) is -1.89. The van der Waals surface area contributed by atoms with Gasteiger partial charge in [-0.05, 0) is 37.3 Å². The number of rotatable bonds is 3. The van der Waals surface area contributed by atoms with Crippen molar-refractivity contribution < 1.29 is 17.2 Å². The summed E-state index contributed by atoms with van der Waals surface area (Å²) in [6.07, 6.45) is 0. The summed E-state index contributed by atoms with van der Waals surface area (Å²) in [5.41, 5.74) is 0.455. The van der Waals surface area contributed by atoms with E-state index in [9.17, 15) is 17.2 Å². The Balaban J connectivity index is 2.43. The van der Waals surface area contributed by atoms with Gasteiger partial charge < -0.3 is 0 Å². The minimum atomic E-state index is -4.25. The number of hydrogen-bond donors (Lipinski definition) is 1. The van der Waals surface area contributed by atoms with E-state index in [1.807, 2.05) is 0 Å². The summed E-state index contributed by atoms with van der Waals surface area (Å²) in [6, 6.07) is 4.96. The van der Waals surface area contributed by atoms with Crippen molar-refractivity contribution >= 4 is 27.3 Å². The maximum atomic E-state index is 13.5. The fraction of sp³-hybridized carbons (Fsp3) is 0.0833. The van der Waals surface area contributed by atoms with Crippen LogP contribution in [0.15, 0.2) is 35.2 Å². The number of nitrogens with one attached hydrogen (secondary N) is 1. The van der Waals surface area contributed by atoms with Gasteiger partial charge in [-0.2, -0.15) is 0 Å². The van der Waals surface area contributed by atoms with Gasteiger partial charge in [0.25, 0.3) is 10.0 Å². The summed E-state index contributed by atoms with van der Waals surface area (Å²) in [5, 5.41) is 0.197. The molecule has 8 heteroatoms. The van der Waals surface area contributed by atoms with Crippen LogP contribution in [-0.2, 0) is 10.0 Å². The topological polar surface area (TPSA) is 59.1 Å². The highest BCUT2D eigenvalue weighted by atomic mass is 35.5. The molecule has 20 heavy (non-hydrogen) atoms. The van der Waals surface area contributed by atoms with Crippen molar-refractivity contribution in [3.8, 4) is 0 Å². The van der Waals surface area contributed by atoms with Crippen LogP contribution in [0.25, 0.3) is 0 Å². The molecule has 0 bridgehead atoms. The van der Waals surface area contributed by atoms with Gasteiger partial charge in [-0.3, -0.25) is 4.72 Å². The lowest BCUT2D eigenvalue weighted by molar-refractivity contribution is 0.555. The van der Waals surface area contributed by atoms with Crippen LogP contribution in [0.5, 0.6) is 0 Å². The number of halogens is 3. The summed E-state index contributed by atoms with van der Waals surface area (Å²) in [6.45, 7) is 1.53. The highest BCUT2D eigenvalue weighted by Gasteiger charge is 2.21. The predicted octanol–water partition coefficient (Wildman–Crippen LogP) is 3.12. The van der Waals surface area contributed by atoms with Gasteiger partial charge in [0.2, 0.25) is 0 Å². The second-order valence-electron chi connectivity index (χ2n) is 3.95. The third-order valence-electron chi connectivity index (χ3n) is 2.48. The highest BCUT2D eigenvalue weighted by molar-refractivity contribution is 7.92. The van der Waals surface area contributed by atoms with Crippen LogP contribution in [0.2, 0.25) is 5.15 Å². The van der Waals surface area contributed by atoms with Gasteiger partial charge in [0.15, 0.2) is 0 Å². The molecule has 2 rings (SSSR count). The van der Waals surface area contributed by atoms with Crippen molar-refractivity contribution in [2.45, 2.75) is 11.8 Å². The molecule has 0 aliphatic carbocycles. The number of sulfonamides is 1. The van der Waals surface area contributed by atoms with Crippen LogP contribution in [0.1, 0.15) is 5.69 Å². The molecule has 1 aromatic carbocycles. The molecule has 0 saturated heterocycles. The van der Waals surface area contributed by atoms with Gasteiger partial charge in [0, 0.05) is 0 Å². The van der Waals surface area contributed by atoms with Gasteiger partial charge in [-0.15, -0.1) is 0 Å². The molecule has 0 unspecified atom stereocenters. The van der Waals surface area contributed by atoms with E-state index in [4.69, 9.17) is 11.6 Å². The smallest absolute Gasteiger partial charge is 0.264 e. The number of aromatic nitrogens is 1. The lowest BCUT2D eigenvalue weighted by atomic mass is 10.3. The van der Waals surface area contributed by atoms with E-state index in [0.717, 1.165) is 12.1 Å². The lowest BCUT2D eigenvalue weighted by Gasteiger charge is -2.10. The third kappa shape index (κ3) is 3.05. The predicted molar refractivity (Wildman–Crippen MR) is 71.2 cm³/mol. The Morgan fingerprint density at radius 1 is 1.20 bits per heavy atom. The Labute approximate surface area is 119 Å². The molecule has 2 aromatic rings. The van der Waals surface area contributed by atoms with Gasteiger partial charge in [-0.1, -0.05) is 11.6 Å². The Hall–Kier alpha value is -1.73. The average molecular weight is 319 g/mol. The van der Waals surface area contributed by atoms with Crippen LogP contribution in [-0.4, -0.2) is 13.4 Å². The number of aryl methyl sites for hydroxylation is 1. The largest absolute Gasteiger partial charge is 0.278 e. The van der Waals surface area contributed by atoms with Crippen LogP contribution < -0.4 is 4.72 Å². The fourth-order valence-electron chi connectivity index (χ4n) is 1.52. The molecule has 0 fully saturated rings. The first kappa shape index (κ1) is 14.7. The molecule has 0 radical (unpaired) electrons. The minimum Gasteiger partial charge on any atom is -0.278 e. The number of pyridine rings is 1. The first-order chi connectivity index (χ1) is 9.29. The molecule has 106 valence electrons. The van der Waals surface area contributed by atoms with E-state index < -0.39 is 26.6 Å². The Morgan fingerprint density at radius 3 is 2.55 bits per heavy atom. The second-order valence-corrected chi connectivity index (χ2v) is 5.99. The molecule has 1 heterocycles. The summed E-state index contributed by atoms with van der Waals surface area (Å²) in [7, 11) is -4.25. The van der Waals surface area contributed by atoms with E-state index in [1.165, 1.54) is 19.1 Å². The monoisotopic (exact) mass is 318 g/mol. The molecular formula is C12H9ClF2N2O2S. The summed E-state index contributed by atoms with van der Waals surface area (Å²) < 4.78 is 52.8. The lowest BCUT2D eigenvalue weighted by Crippen LogP contribution is -2.16. The van der Waals surface area contributed by atoms with Crippen molar-refractivity contribution in [2.75, 3.05) is 4.72 Å². The van der Waals surface area contributed by atoms with Gasteiger partial charge >= 0.3 is 0 Å². The van der Waals surface area contributed by atoms with Crippen molar-refractivity contribution in [1.29, 1.82) is 0 Å². The SMILES string of the molecule is Cc1nc(Cl)ccc1NS(=O)(=O)c1cc(F)ccc1F. The zero-order chi connectivity index (χ0) is 14.9. The van der Waals surface area contributed by atoms with E-state index in [-0.39, 0.29) is 10.8 Å². The Morgan fingerprint density at radius 2 is 1.90 bits per heavy atom. The van der Waals surface area contributed by atoms with Gasteiger partial charge in [0.05, 0.1) is 11.4 Å².